The molecule has 0 aliphatic carbocycles. The van der Waals surface area contributed by atoms with Crippen LogP contribution in [-0.4, -0.2) is 26.9 Å². The van der Waals surface area contributed by atoms with Crippen molar-refractivity contribution in [2.75, 3.05) is 16.6 Å². The number of carbonyl (C=O) groups excluding carboxylic acids is 2. The number of amides is 1. The first-order valence-electron chi connectivity index (χ1n) is 8.04. The van der Waals surface area contributed by atoms with Gasteiger partial charge in [-0.2, -0.15) is 0 Å². The van der Waals surface area contributed by atoms with Gasteiger partial charge in [0.25, 0.3) is 10.0 Å². The number of hydrogen-bond donors (Lipinski definition) is 2. The smallest absolute Gasteiger partial charge is 0.306 e. The van der Waals surface area contributed by atoms with Gasteiger partial charge in [-0.3, -0.25) is 14.3 Å². The van der Waals surface area contributed by atoms with Crippen LogP contribution in [0.2, 0.25) is 0 Å². The SMILES string of the molecule is CCOC(=O)CCC(=O)Nc1ccc(S(=O)(=O)Nc2ccccc2)cc1. The highest BCUT2D eigenvalue weighted by Gasteiger charge is 2.14. The maximum absolute atomic E-state index is 12.3. The van der Waals surface area contributed by atoms with Crippen molar-refractivity contribution >= 4 is 33.3 Å². The molecule has 0 radical (unpaired) electrons. The molecule has 8 heteroatoms. The predicted molar refractivity (Wildman–Crippen MR) is 98.2 cm³/mol. The summed E-state index contributed by atoms with van der Waals surface area (Å²) in [5.74, 6) is -0.785. The molecule has 2 aromatic rings. The zero-order chi connectivity index (χ0) is 19.0. The molecule has 0 aromatic heterocycles. The van der Waals surface area contributed by atoms with E-state index in [1.807, 2.05) is 0 Å². The average Bonchev–Trinajstić information content (AvgIpc) is 2.61. The molecule has 1 amide bonds. The summed E-state index contributed by atoms with van der Waals surface area (Å²) >= 11 is 0. The van der Waals surface area contributed by atoms with Crippen LogP contribution in [0.3, 0.4) is 0 Å². The van der Waals surface area contributed by atoms with E-state index in [1.165, 1.54) is 24.3 Å². The number of para-hydroxylation sites is 1. The summed E-state index contributed by atoms with van der Waals surface area (Å²) in [6.45, 7) is 1.97. The van der Waals surface area contributed by atoms with Gasteiger partial charge >= 0.3 is 5.97 Å². The molecule has 0 spiro atoms. The number of ether oxygens (including phenoxy) is 1. The zero-order valence-electron chi connectivity index (χ0n) is 14.3. The first kappa shape index (κ1) is 19.5. The Kier molecular flexibility index (Phi) is 6.74. The van der Waals surface area contributed by atoms with E-state index in [2.05, 4.69) is 10.0 Å². The number of hydrogen-bond acceptors (Lipinski definition) is 5. The number of benzene rings is 2. The Hall–Kier alpha value is -2.87. The first-order valence-corrected chi connectivity index (χ1v) is 9.52. The fourth-order valence-corrected chi connectivity index (χ4v) is 3.17. The highest BCUT2D eigenvalue weighted by molar-refractivity contribution is 7.92. The number of sulfonamides is 1. The maximum atomic E-state index is 12.3. The number of anilines is 2. The molecule has 0 bridgehead atoms. The largest absolute Gasteiger partial charge is 0.466 e. The van der Waals surface area contributed by atoms with Crippen molar-refractivity contribution in [1.82, 2.24) is 0 Å². The van der Waals surface area contributed by atoms with E-state index in [1.54, 1.807) is 37.3 Å². The fraction of sp³-hybridized carbons (Fsp3) is 0.222. The molecule has 0 aliphatic heterocycles. The lowest BCUT2D eigenvalue weighted by molar-refractivity contribution is -0.144. The molecule has 0 saturated carbocycles. The molecule has 2 rings (SSSR count). The monoisotopic (exact) mass is 376 g/mol. The first-order chi connectivity index (χ1) is 12.4. The van der Waals surface area contributed by atoms with Gasteiger partial charge in [0.1, 0.15) is 0 Å². The van der Waals surface area contributed by atoms with E-state index < -0.39 is 16.0 Å². The molecular formula is C18H20N2O5S. The maximum Gasteiger partial charge on any atom is 0.306 e. The Bertz CT molecular complexity index is 849. The Balaban J connectivity index is 1.95. The summed E-state index contributed by atoms with van der Waals surface area (Å²) in [7, 11) is -3.71. The van der Waals surface area contributed by atoms with Gasteiger partial charge in [0.2, 0.25) is 5.91 Å². The van der Waals surface area contributed by atoms with Gasteiger partial charge in [-0.1, -0.05) is 18.2 Å². The minimum absolute atomic E-state index is 0.00551. The molecular weight excluding hydrogens is 356 g/mol. The average molecular weight is 376 g/mol. The van der Waals surface area contributed by atoms with Gasteiger partial charge in [-0.05, 0) is 43.3 Å². The van der Waals surface area contributed by atoms with Crippen LogP contribution in [0, 0.1) is 0 Å². The van der Waals surface area contributed by atoms with Gasteiger partial charge in [0, 0.05) is 17.8 Å². The standard InChI is InChI=1S/C18H20N2O5S/c1-2-25-18(22)13-12-17(21)19-14-8-10-16(11-9-14)26(23,24)20-15-6-4-3-5-7-15/h3-11,20H,2,12-13H2,1H3,(H,19,21). The Morgan fingerprint density at radius 2 is 1.58 bits per heavy atom. The molecule has 0 saturated heterocycles. The van der Waals surface area contributed by atoms with Crippen LogP contribution in [0.5, 0.6) is 0 Å². The van der Waals surface area contributed by atoms with Gasteiger partial charge in [-0.25, -0.2) is 8.42 Å². The van der Waals surface area contributed by atoms with Crippen molar-refractivity contribution in [1.29, 1.82) is 0 Å². The third-order valence-corrected chi connectivity index (χ3v) is 4.73. The highest BCUT2D eigenvalue weighted by Crippen LogP contribution is 2.18. The van der Waals surface area contributed by atoms with Gasteiger partial charge < -0.3 is 10.1 Å². The molecule has 138 valence electrons. The van der Waals surface area contributed by atoms with Crippen LogP contribution in [0.4, 0.5) is 11.4 Å². The van der Waals surface area contributed by atoms with E-state index in [0.29, 0.717) is 11.4 Å². The molecule has 2 aromatic carbocycles. The second kappa shape index (κ2) is 9.00. The lowest BCUT2D eigenvalue weighted by Gasteiger charge is -2.09. The third-order valence-electron chi connectivity index (χ3n) is 3.34. The molecule has 7 nitrogen and oxygen atoms in total. The molecule has 0 aliphatic rings. The van der Waals surface area contributed by atoms with Crippen molar-refractivity contribution in [3.8, 4) is 0 Å². The second-order valence-electron chi connectivity index (χ2n) is 5.35. The summed E-state index contributed by atoms with van der Waals surface area (Å²) in [4.78, 5) is 23.1. The zero-order valence-corrected chi connectivity index (χ0v) is 15.1. The minimum atomic E-state index is -3.71. The molecule has 2 N–H and O–H groups in total. The summed E-state index contributed by atoms with van der Waals surface area (Å²) in [5, 5.41) is 2.61. The van der Waals surface area contributed by atoms with Crippen molar-refractivity contribution in [2.24, 2.45) is 0 Å². The van der Waals surface area contributed by atoms with Gasteiger partial charge in [-0.15, -0.1) is 0 Å². The lowest BCUT2D eigenvalue weighted by Crippen LogP contribution is -2.15. The van der Waals surface area contributed by atoms with Crippen LogP contribution >= 0.6 is 0 Å². The molecule has 0 heterocycles. The summed E-state index contributed by atoms with van der Waals surface area (Å²) in [5.41, 5.74) is 0.904. The topological polar surface area (TPSA) is 102 Å². The number of carbonyl (C=O) groups is 2. The molecule has 0 unspecified atom stereocenters. The molecule has 0 fully saturated rings. The van der Waals surface area contributed by atoms with Crippen LogP contribution in [-0.2, 0) is 24.3 Å². The van der Waals surface area contributed by atoms with E-state index in [-0.39, 0.29) is 30.3 Å². The van der Waals surface area contributed by atoms with Crippen LogP contribution < -0.4 is 10.0 Å². The van der Waals surface area contributed by atoms with Crippen molar-refractivity contribution in [3.05, 3.63) is 54.6 Å². The number of nitrogens with one attached hydrogen (secondary N) is 2. The van der Waals surface area contributed by atoms with Crippen molar-refractivity contribution in [3.63, 3.8) is 0 Å². The van der Waals surface area contributed by atoms with E-state index in [9.17, 15) is 18.0 Å². The van der Waals surface area contributed by atoms with Crippen LogP contribution in [0.15, 0.2) is 59.5 Å². The predicted octanol–water partition coefficient (Wildman–Crippen LogP) is 2.77. The Labute approximate surface area is 152 Å². The minimum Gasteiger partial charge on any atom is -0.466 e. The summed E-state index contributed by atoms with van der Waals surface area (Å²) in [6.07, 6.45) is -0.0123. The van der Waals surface area contributed by atoms with Gasteiger partial charge in [0.15, 0.2) is 0 Å². The normalized spacial score (nSPS) is 10.8. The number of esters is 1. The lowest BCUT2D eigenvalue weighted by atomic mass is 10.2. The third kappa shape index (κ3) is 5.89. The molecule has 0 atom stereocenters. The fourth-order valence-electron chi connectivity index (χ4n) is 2.11. The molecule has 26 heavy (non-hydrogen) atoms. The van der Waals surface area contributed by atoms with Gasteiger partial charge in [0.05, 0.1) is 17.9 Å². The summed E-state index contributed by atoms with van der Waals surface area (Å²) < 4.78 is 31.9. The second-order valence-corrected chi connectivity index (χ2v) is 7.03. The van der Waals surface area contributed by atoms with Crippen LogP contribution in [0.1, 0.15) is 19.8 Å². The van der Waals surface area contributed by atoms with E-state index >= 15 is 0 Å². The quantitative estimate of drug-likeness (QED) is 0.690. The number of rotatable bonds is 8. The summed E-state index contributed by atoms with van der Waals surface area (Å²) in [6, 6.07) is 14.3. The van der Waals surface area contributed by atoms with Crippen molar-refractivity contribution in [2.45, 2.75) is 24.7 Å². The Morgan fingerprint density at radius 1 is 0.923 bits per heavy atom. The van der Waals surface area contributed by atoms with Crippen molar-refractivity contribution < 1.29 is 22.7 Å². The van der Waals surface area contributed by atoms with E-state index in [0.717, 1.165) is 0 Å². The Morgan fingerprint density at radius 3 is 2.19 bits per heavy atom. The van der Waals surface area contributed by atoms with E-state index in [4.69, 9.17) is 4.74 Å². The highest BCUT2D eigenvalue weighted by atomic mass is 32.2. The van der Waals surface area contributed by atoms with Crippen LogP contribution in [0.25, 0.3) is 0 Å².